The fourth-order valence-corrected chi connectivity index (χ4v) is 2.56. The number of halogens is 2. The van der Waals surface area contributed by atoms with Gasteiger partial charge in [0.25, 0.3) is 0 Å². The van der Waals surface area contributed by atoms with E-state index < -0.39 is 17.9 Å². The largest absolute Gasteiger partial charge is 0.391 e. The highest BCUT2D eigenvalue weighted by atomic mass is 79.9. The van der Waals surface area contributed by atoms with Crippen molar-refractivity contribution >= 4 is 45.0 Å². The predicted octanol–water partition coefficient (Wildman–Crippen LogP) is 1.63. The second kappa shape index (κ2) is 5.90. The molecule has 1 fully saturated rings. The lowest BCUT2D eigenvalue weighted by atomic mass is 10.3. The van der Waals surface area contributed by atoms with Crippen LogP contribution in [0.4, 0.5) is 5.69 Å². The zero-order valence-electron chi connectivity index (χ0n) is 9.90. The van der Waals surface area contributed by atoms with Crippen molar-refractivity contribution in [3.63, 3.8) is 0 Å². The lowest BCUT2D eigenvalue weighted by Gasteiger charge is -2.15. The standard InChI is InChI=1S/C12H12BrClN2O3/c13-7-1-2-10(9(14)5-7)15-11(18)12(19)16-4-3-8(17)6-16/h1-2,5,8,17H,3-4,6H2,(H,15,18)/t8-/m0/s1. The van der Waals surface area contributed by atoms with Crippen LogP contribution >= 0.6 is 27.5 Å². The Hall–Kier alpha value is -1.11. The molecule has 1 saturated heterocycles. The molecule has 1 aromatic rings. The number of aliphatic hydroxyl groups excluding tert-OH is 1. The monoisotopic (exact) mass is 346 g/mol. The summed E-state index contributed by atoms with van der Waals surface area (Å²) in [6, 6.07) is 4.95. The summed E-state index contributed by atoms with van der Waals surface area (Å²) in [5.74, 6) is -1.41. The molecule has 0 unspecified atom stereocenters. The Balaban J connectivity index is 2.02. The SMILES string of the molecule is O=C(Nc1ccc(Br)cc1Cl)C(=O)N1CC[C@H](O)C1. The Morgan fingerprint density at radius 2 is 2.21 bits per heavy atom. The first-order valence-electron chi connectivity index (χ1n) is 5.71. The number of hydrogen-bond donors (Lipinski definition) is 2. The van der Waals surface area contributed by atoms with Gasteiger partial charge >= 0.3 is 11.8 Å². The molecular formula is C12H12BrClN2O3. The quantitative estimate of drug-likeness (QED) is 0.759. The number of aliphatic hydroxyl groups is 1. The van der Waals surface area contributed by atoms with Gasteiger partial charge in [0, 0.05) is 17.6 Å². The van der Waals surface area contributed by atoms with Gasteiger partial charge in [-0.05, 0) is 24.6 Å². The van der Waals surface area contributed by atoms with Crippen LogP contribution in [0.3, 0.4) is 0 Å². The van der Waals surface area contributed by atoms with Crippen LogP contribution in [-0.4, -0.2) is 41.0 Å². The van der Waals surface area contributed by atoms with Crippen molar-refractivity contribution in [3.8, 4) is 0 Å². The van der Waals surface area contributed by atoms with E-state index in [-0.39, 0.29) is 6.54 Å². The van der Waals surface area contributed by atoms with E-state index in [1.807, 2.05) is 0 Å². The number of carbonyl (C=O) groups is 2. The zero-order chi connectivity index (χ0) is 14.0. The maximum atomic E-state index is 11.8. The van der Waals surface area contributed by atoms with Gasteiger partial charge in [0.05, 0.1) is 16.8 Å². The minimum Gasteiger partial charge on any atom is -0.391 e. The van der Waals surface area contributed by atoms with Crippen molar-refractivity contribution < 1.29 is 14.7 Å². The number of benzene rings is 1. The number of anilines is 1. The molecule has 1 heterocycles. The highest BCUT2D eigenvalue weighted by molar-refractivity contribution is 9.10. The van der Waals surface area contributed by atoms with E-state index in [0.29, 0.717) is 23.7 Å². The molecule has 0 bridgehead atoms. The number of hydrogen-bond acceptors (Lipinski definition) is 3. The number of rotatable bonds is 1. The average molecular weight is 348 g/mol. The number of nitrogens with one attached hydrogen (secondary N) is 1. The second-order valence-electron chi connectivity index (χ2n) is 4.27. The molecule has 0 spiro atoms. The molecule has 19 heavy (non-hydrogen) atoms. The zero-order valence-corrected chi connectivity index (χ0v) is 12.2. The Labute approximate surface area is 123 Å². The van der Waals surface area contributed by atoms with Gasteiger partial charge in [-0.3, -0.25) is 9.59 Å². The molecule has 0 aromatic heterocycles. The first kappa shape index (κ1) is 14.3. The maximum absolute atomic E-state index is 11.8. The van der Waals surface area contributed by atoms with E-state index in [1.54, 1.807) is 18.2 Å². The Bertz CT molecular complexity index is 524. The summed E-state index contributed by atoms with van der Waals surface area (Å²) in [6.07, 6.45) is -0.0501. The smallest absolute Gasteiger partial charge is 0.313 e. The van der Waals surface area contributed by atoms with Crippen molar-refractivity contribution in [2.24, 2.45) is 0 Å². The highest BCUT2D eigenvalue weighted by Gasteiger charge is 2.29. The minimum atomic E-state index is -0.752. The summed E-state index contributed by atoms with van der Waals surface area (Å²) in [7, 11) is 0. The third-order valence-corrected chi connectivity index (χ3v) is 3.63. The van der Waals surface area contributed by atoms with Crippen molar-refractivity contribution in [3.05, 3.63) is 27.7 Å². The Kier molecular flexibility index (Phi) is 4.44. The molecular weight excluding hydrogens is 336 g/mol. The van der Waals surface area contributed by atoms with Gasteiger partial charge in [-0.1, -0.05) is 27.5 Å². The molecule has 1 aliphatic heterocycles. The Morgan fingerprint density at radius 3 is 2.79 bits per heavy atom. The molecule has 0 aliphatic carbocycles. The van der Waals surface area contributed by atoms with E-state index in [2.05, 4.69) is 21.2 Å². The fourth-order valence-electron chi connectivity index (χ4n) is 1.84. The van der Waals surface area contributed by atoms with E-state index in [9.17, 15) is 14.7 Å². The summed E-state index contributed by atoms with van der Waals surface area (Å²) in [5, 5.41) is 12.2. The molecule has 2 amide bonds. The van der Waals surface area contributed by atoms with Crippen molar-refractivity contribution in [2.45, 2.75) is 12.5 Å². The minimum absolute atomic E-state index is 0.195. The predicted molar refractivity (Wildman–Crippen MR) is 75.0 cm³/mol. The molecule has 0 radical (unpaired) electrons. The lowest BCUT2D eigenvalue weighted by Crippen LogP contribution is -2.38. The van der Waals surface area contributed by atoms with Gasteiger partial charge in [-0.25, -0.2) is 0 Å². The molecule has 102 valence electrons. The average Bonchev–Trinajstić information content (AvgIpc) is 2.78. The molecule has 7 heteroatoms. The summed E-state index contributed by atoms with van der Waals surface area (Å²) in [4.78, 5) is 24.9. The number of carbonyl (C=O) groups excluding carboxylic acids is 2. The van der Waals surface area contributed by atoms with Crippen LogP contribution in [0.2, 0.25) is 5.02 Å². The lowest BCUT2D eigenvalue weighted by molar-refractivity contribution is -0.142. The molecule has 2 rings (SSSR count). The van der Waals surface area contributed by atoms with Crippen LogP contribution in [0.15, 0.2) is 22.7 Å². The van der Waals surface area contributed by atoms with Crippen molar-refractivity contribution in [2.75, 3.05) is 18.4 Å². The summed E-state index contributed by atoms with van der Waals surface area (Å²) < 4.78 is 0.782. The van der Waals surface area contributed by atoms with Crippen LogP contribution in [0.1, 0.15) is 6.42 Å². The van der Waals surface area contributed by atoms with Gasteiger partial charge < -0.3 is 15.3 Å². The summed E-state index contributed by atoms with van der Waals surface area (Å²) in [5.41, 5.74) is 0.378. The van der Waals surface area contributed by atoms with Crippen LogP contribution in [0.5, 0.6) is 0 Å². The molecule has 1 atom stereocenters. The van der Waals surface area contributed by atoms with E-state index >= 15 is 0 Å². The summed E-state index contributed by atoms with van der Waals surface area (Å²) in [6.45, 7) is 0.585. The topological polar surface area (TPSA) is 69.6 Å². The first-order valence-corrected chi connectivity index (χ1v) is 6.88. The number of nitrogens with zero attached hydrogens (tertiary/aromatic N) is 1. The van der Waals surface area contributed by atoms with Crippen LogP contribution in [0, 0.1) is 0 Å². The van der Waals surface area contributed by atoms with E-state index in [0.717, 1.165) is 4.47 Å². The van der Waals surface area contributed by atoms with E-state index in [1.165, 1.54) is 4.90 Å². The second-order valence-corrected chi connectivity index (χ2v) is 5.59. The van der Waals surface area contributed by atoms with E-state index in [4.69, 9.17) is 11.6 Å². The third-order valence-electron chi connectivity index (χ3n) is 2.82. The first-order chi connectivity index (χ1) is 8.97. The number of β-amino-alcohol motifs (C(OH)–C–C–N with tert-alkyl or cyclic N) is 1. The van der Waals surface area contributed by atoms with Crippen molar-refractivity contribution in [1.82, 2.24) is 4.90 Å². The van der Waals surface area contributed by atoms with Gasteiger partial charge in [-0.2, -0.15) is 0 Å². The molecule has 1 aliphatic rings. The molecule has 5 nitrogen and oxygen atoms in total. The van der Waals surface area contributed by atoms with Crippen molar-refractivity contribution in [1.29, 1.82) is 0 Å². The molecule has 2 N–H and O–H groups in total. The normalized spacial score (nSPS) is 18.5. The van der Waals surface area contributed by atoms with Gasteiger partial charge in [0.1, 0.15) is 0 Å². The maximum Gasteiger partial charge on any atom is 0.313 e. The molecule has 1 aromatic carbocycles. The highest BCUT2D eigenvalue weighted by Crippen LogP contribution is 2.25. The summed E-state index contributed by atoms with van der Waals surface area (Å²) >= 11 is 9.20. The molecule has 0 saturated carbocycles. The van der Waals surface area contributed by atoms with Crippen LogP contribution in [0.25, 0.3) is 0 Å². The Morgan fingerprint density at radius 1 is 1.47 bits per heavy atom. The number of amides is 2. The fraction of sp³-hybridized carbons (Fsp3) is 0.333. The van der Waals surface area contributed by atoms with Crippen LogP contribution in [-0.2, 0) is 9.59 Å². The third kappa shape index (κ3) is 3.46. The van der Waals surface area contributed by atoms with Gasteiger partial charge in [-0.15, -0.1) is 0 Å². The van der Waals surface area contributed by atoms with Gasteiger partial charge in [0.2, 0.25) is 0 Å². The van der Waals surface area contributed by atoms with Gasteiger partial charge in [0.15, 0.2) is 0 Å². The number of likely N-dealkylation sites (tertiary alicyclic amines) is 1. The van der Waals surface area contributed by atoms with Crippen LogP contribution < -0.4 is 5.32 Å².